The third kappa shape index (κ3) is 4.39. The van der Waals surface area contributed by atoms with Gasteiger partial charge < -0.3 is 15.0 Å². The van der Waals surface area contributed by atoms with Crippen LogP contribution in [0.2, 0.25) is 0 Å². The van der Waals surface area contributed by atoms with Crippen molar-refractivity contribution in [3.8, 4) is 0 Å². The molecule has 0 aromatic heterocycles. The molecule has 2 amide bonds. The topological polar surface area (TPSA) is 58.6 Å². The van der Waals surface area contributed by atoms with Crippen LogP contribution in [-0.4, -0.2) is 43.1 Å². The maximum atomic E-state index is 12.3. The largest absolute Gasteiger partial charge is 0.467 e. The molecule has 1 rings (SSSR count). The molecule has 0 saturated carbocycles. The number of hydrogen-bond acceptors (Lipinski definition) is 3. The average Bonchev–Trinajstić information content (AvgIpc) is 2.41. The molecule has 1 aliphatic rings. The van der Waals surface area contributed by atoms with E-state index in [-0.39, 0.29) is 17.9 Å². The lowest BCUT2D eigenvalue weighted by Crippen LogP contribution is -2.53. The van der Waals surface area contributed by atoms with Crippen LogP contribution in [0, 0.1) is 17.8 Å². The summed E-state index contributed by atoms with van der Waals surface area (Å²) in [4.78, 5) is 26.0. The normalized spacial score (nSPS) is 25.8. The first-order valence-corrected chi connectivity index (χ1v) is 7.52. The van der Waals surface area contributed by atoms with Crippen LogP contribution in [0.25, 0.3) is 0 Å². The SMILES string of the molecule is CCC(C)C(NC(=O)N1CC(C)CC(C)C1)C(=O)OC. The molecule has 0 aromatic carbocycles. The Balaban J connectivity index is 2.67. The predicted molar refractivity (Wildman–Crippen MR) is 78.3 cm³/mol. The summed E-state index contributed by atoms with van der Waals surface area (Å²) >= 11 is 0. The first kappa shape index (κ1) is 16.8. The molecule has 0 aromatic rings. The number of esters is 1. The van der Waals surface area contributed by atoms with Gasteiger partial charge in [-0.3, -0.25) is 0 Å². The van der Waals surface area contributed by atoms with Crippen molar-refractivity contribution in [1.82, 2.24) is 10.2 Å². The third-order valence-corrected chi connectivity index (χ3v) is 4.10. The summed E-state index contributed by atoms with van der Waals surface area (Å²) in [6.45, 7) is 9.76. The molecule has 5 heteroatoms. The van der Waals surface area contributed by atoms with E-state index in [1.165, 1.54) is 7.11 Å². The van der Waals surface area contributed by atoms with Crippen molar-refractivity contribution in [2.45, 2.75) is 46.6 Å². The second-order valence-corrected chi connectivity index (χ2v) is 6.19. The van der Waals surface area contributed by atoms with Crippen LogP contribution in [0.3, 0.4) is 0 Å². The van der Waals surface area contributed by atoms with Gasteiger partial charge in [0.05, 0.1) is 7.11 Å². The summed E-state index contributed by atoms with van der Waals surface area (Å²) in [5, 5.41) is 2.84. The highest BCUT2D eigenvalue weighted by atomic mass is 16.5. The fourth-order valence-electron chi connectivity index (χ4n) is 2.85. The number of likely N-dealkylation sites (tertiary alicyclic amines) is 1. The van der Waals surface area contributed by atoms with Gasteiger partial charge >= 0.3 is 12.0 Å². The number of carbonyl (C=O) groups excluding carboxylic acids is 2. The fourth-order valence-corrected chi connectivity index (χ4v) is 2.85. The van der Waals surface area contributed by atoms with Gasteiger partial charge in [-0.05, 0) is 24.2 Å². The third-order valence-electron chi connectivity index (χ3n) is 4.10. The minimum Gasteiger partial charge on any atom is -0.467 e. The molecule has 4 atom stereocenters. The van der Waals surface area contributed by atoms with E-state index in [4.69, 9.17) is 4.74 Å². The molecule has 1 N–H and O–H groups in total. The number of amides is 2. The predicted octanol–water partition coefficient (Wildman–Crippen LogP) is 2.26. The van der Waals surface area contributed by atoms with Crippen molar-refractivity contribution in [3.63, 3.8) is 0 Å². The second kappa shape index (κ2) is 7.50. The summed E-state index contributed by atoms with van der Waals surface area (Å²) in [5.41, 5.74) is 0. The van der Waals surface area contributed by atoms with E-state index in [2.05, 4.69) is 19.2 Å². The number of hydrogen-bond donors (Lipinski definition) is 1. The number of carbonyl (C=O) groups is 2. The first-order chi connectivity index (χ1) is 9.38. The summed E-state index contributed by atoms with van der Waals surface area (Å²) in [5.74, 6) is 0.700. The van der Waals surface area contributed by atoms with E-state index >= 15 is 0 Å². The highest BCUT2D eigenvalue weighted by Gasteiger charge is 2.31. The Kier molecular flexibility index (Phi) is 6.30. The van der Waals surface area contributed by atoms with E-state index in [1.807, 2.05) is 18.7 Å². The van der Waals surface area contributed by atoms with Crippen molar-refractivity contribution in [2.75, 3.05) is 20.2 Å². The fraction of sp³-hybridized carbons (Fsp3) is 0.867. The monoisotopic (exact) mass is 284 g/mol. The minimum absolute atomic E-state index is 0.0611. The van der Waals surface area contributed by atoms with Crippen LogP contribution in [0.4, 0.5) is 4.79 Å². The molecule has 0 spiro atoms. The molecule has 0 radical (unpaired) electrons. The van der Waals surface area contributed by atoms with Crippen molar-refractivity contribution < 1.29 is 14.3 Å². The number of nitrogens with one attached hydrogen (secondary N) is 1. The lowest BCUT2D eigenvalue weighted by molar-refractivity contribution is -0.144. The molecular formula is C15H28N2O3. The standard InChI is InChI=1S/C15H28N2O3/c1-6-12(4)13(14(18)20-5)16-15(19)17-8-10(2)7-11(3)9-17/h10-13H,6-9H2,1-5H3,(H,16,19). The van der Waals surface area contributed by atoms with Gasteiger partial charge in [-0.1, -0.05) is 34.1 Å². The van der Waals surface area contributed by atoms with Crippen LogP contribution >= 0.6 is 0 Å². The van der Waals surface area contributed by atoms with Crippen molar-refractivity contribution >= 4 is 12.0 Å². The van der Waals surface area contributed by atoms with Gasteiger partial charge in [-0.15, -0.1) is 0 Å². The number of urea groups is 1. The Bertz CT molecular complexity index is 336. The van der Waals surface area contributed by atoms with E-state index in [0.29, 0.717) is 11.8 Å². The number of rotatable bonds is 4. The van der Waals surface area contributed by atoms with E-state index in [9.17, 15) is 9.59 Å². The minimum atomic E-state index is -0.565. The van der Waals surface area contributed by atoms with Gasteiger partial charge in [0.1, 0.15) is 6.04 Å². The van der Waals surface area contributed by atoms with Crippen LogP contribution in [0.1, 0.15) is 40.5 Å². The molecule has 4 unspecified atom stereocenters. The highest BCUT2D eigenvalue weighted by molar-refractivity contribution is 5.83. The van der Waals surface area contributed by atoms with Gasteiger partial charge in [-0.25, -0.2) is 9.59 Å². The Hall–Kier alpha value is -1.26. The zero-order valence-electron chi connectivity index (χ0n) is 13.3. The smallest absolute Gasteiger partial charge is 0.328 e. The zero-order chi connectivity index (χ0) is 15.3. The summed E-state index contributed by atoms with van der Waals surface area (Å²) in [6, 6.07) is -0.718. The van der Waals surface area contributed by atoms with E-state index in [1.54, 1.807) is 0 Å². The molecule has 0 aliphatic carbocycles. The van der Waals surface area contributed by atoms with E-state index in [0.717, 1.165) is 25.9 Å². The van der Waals surface area contributed by atoms with Crippen LogP contribution in [0.5, 0.6) is 0 Å². The Labute approximate surface area is 122 Å². The van der Waals surface area contributed by atoms with Crippen molar-refractivity contribution in [3.05, 3.63) is 0 Å². The molecular weight excluding hydrogens is 256 g/mol. The molecule has 1 heterocycles. The first-order valence-electron chi connectivity index (χ1n) is 7.52. The second-order valence-electron chi connectivity index (χ2n) is 6.19. The summed E-state index contributed by atoms with van der Waals surface area (Å²) in [7, 11) is 1.36. The van der Waals surface area contributed by atoms with Crippen molar-refractivity contribution in [1.29, 1.82) is 0 Å². The van der Waals surface area contributed by atoms with Gasteiger partial charge in [0.25, 0.3) is 0 Å². The maximum Gasteiger partial charge on any atom is 0.328 e. The van der Waals surface area contributed by atoms with Gasteiger partial charge in [0.2, 0.25) is 0 Å². The molecule has 1 fully saturated rings. The van der Waals surface area contributed by atoms with Gasteiger partial charge in [-0.2, -0.15) is 0 Å². The summed E-state index contributed by atoms with van der Waals surface area (Å²) in [6.07, 6.45) is 1.96. The molecule has 116 valence electrons. The van der Waals surface area contributed by atoms with Gasteiger partial charge in [0, 0.05) is 13.1 Å². The lowest BCUT2D eigenvalue weighted by atomic mass is 9.92. The molecule has 0 bridgehead atoms. The van der Waals surface area contributed by atoms with Crippen LogP contribution in [0.15, 0.2) is 0 Å². The molecule has 5 nitrogen and oxygen atoms in total. The van der Waals surface area contributed by atoms with E-state index < -0.39 is 6.04 Å². The number of piperidine rings is 1. The van der Waals surface area contributed by atoms with Crippen LogP contribution in [-0.2, 0) is 9.53 Å². The Morgan fingerprint density at radius 3 is 2.30 bits per heavy atom. The number of ether oxygens (including phenoxy) is 1. The summed E-state index contributed by atoms with van der Waals surface area (Å²) < 4.78 is 4.79. The maximum absolute atomic E-state index is 12.3. The molecule has 1 aliphatic heterocycles. The van der Waals surface area contributed by atoms with Crippen molar-refractivity contribution in [2.24, 2.45) is 17.8 Å². The zero-order valence-corrected chi connectivity index (χ0v) is 13.3. The molecule has 20 heavy (non-hydrogen) atoms. The number of methoxy groups -OCH3 is 1. The molecule has 1 saturated heterocycles. The quantitative estimate of drug-likeness (QED) is 0.806. The van der Waals surface area contributed by atoms with Crippen LogP contribution < -0.4 is 5.32 Å². The highest BCUT2D eigenvalue weighted by Crippen LogP contribution is 2.21. The Morgan fingerprint density at radius 2 is 1.85 bits per heavy atom. The number of nitrogens with zero attached hydrogens (tertiary/aromatic N) is 1. The lowest BCUT2D eigenvalue weighted by Gasteiger charge is -2.36. The Morgan fingerprint density at radius 1 is 1.30 bits per heavy atom. The van der Waals surface area contributed by atoms with Gasteiger partial charge in [0.15, 0.2) is 0 Å². The average molecular weight is 284 g/mol.